The van der Waals surface area contributed by atoms with Crippen LogP contribution in [-0.4, -0.2) is 49.2 Å². The van der Waals surface area contributed by atoms with Crippen molar-refractivity contribution in [3.05, 3.63) is 60.4 Å². The van der Waals surface area contributed by atoms with Gasteiger partial charge in [-0.2, -0.15) is 10.1 Å². The zero-order chi connectivity index (χ0) is 19.1. The molecular formula is C20H18N6O2. The fraction of sp³-hybridized carbons (Fsp3) is 0.250. The minimum atomic E-state index is -0.0844. The van der Waals surface area contributed by atoms with Crippen LogP contribution in [0.25, 0.3) is 22.3 Å². The molecule has 2 atom stereocenters. The van der Waals surface area contributed by atoms with E-state index in [0.29, 0.717) is 30.5 Å². The molecule has 0 bridgehead atoms. The number of benzene rings is 1. The second kappa shape index (κ2) is 6.56. The Balaban J connectivity index is 1.38. The molecule has 4 heterocycles. The number of aromatic nitrogens is 5. The summed E-state index contributed by atoms with van der Waals surface area (Å²) in [5, 5.41) is 12.1. The number of fused-ring (bicyclic) bond motifs is 1. The van der Waals surface area contributed by atoms with Gasteiger partial charge in [0.25, 0.3) is 5.91 Å². The Hall–Kier alpha value is -3.55. The topological polar surface area (TPSA) is 101 Å². The van der Waals surface area contributed by atoms with Crippen LogP contribution in [0.3, 0.4) is 0 Å². The molecule has 1 aromatic carbocycles. The highest BCUT2D eigenvalue weighted by Gasteiger charge is 2.38. The molecule has 8 nitrogen and oxygen atoms in total. The Kier molecular flexibility index (Phi) is 3.89. The number of carbonyl (C=O) groups excluding carboxylic acids is 1. The summed E-state index contributed by atoms with van der Waals surface area (Å²) in [5.41, 5.74) is 2.11. The summed E-state index contributed by atoms with van der Waals surface area (Å²) >= 11 is 0. The van der Waals surface area contributed by atoms with Gasteiger partial charge in [0.2, 0.25) is 11.7 Å². The fourth-order valence-electron chi connectivity index (χ4n) is 3.73. The van der Waals surface area contributed by atoms with E-state index in [0.717, 1.165) is 16.5 Å². The van der Waals surface area contributed by atoms with Gasteiger partial charge >= 0.3 is 0 Å². The number of H-pyrrole nitrogens is 1. The van der Waals surface area contributed by atoms with Crippen LogP contribution in [0, 0.1) is 5.92 Å². The van der Waals surface area contributed by atoms with Crippen LogP contribution in [0.5, 0.6) is 0 Å². The molecule has 1 aliphatic rings. The van der Waals surface area contributed by atoms with E-state index in [1.165, 1.54) is 0 Å². The number of amides is 1. The molecule has 0 saturated carbocycles. The highest BCUT2D eigenvalue weighted by atomic mass is 16.5. The lowest BCUT2D eigenvalue weighted by molar-refractivity contribution is 0.0782. The molecule has 1 saturated heterocycles. The zero-order valence-electron chi connectivity index (χ0n) is 15.2. The first kappa shape index (κ1) is 16.6. The van der Waals surface area contributed by atoms with Crippen molar-refractivity contribution in [3.63, 3.8) is 0 Å². The molecule has 8 heteroatoms. The fourth-order valence-corrected chi connectivity index (χ4v) is 3.73. The maximum Gasteiger partial charge on any atom is 0.275 e. The summed E-state index contributed by atoms with van der Waals surface area (Å²) in [6, 6.07) is 11.4. The largest absolute Gasteiger partial charge is 0.339 e. The number of carbonyl (C=O) groups is 1. The van der Waals surface area contributed by atoms with Gasteiger partial charge in [0.15, 0.2) is 5.69 Å². The van der Waals surface area contributed by atoms with Gasteiger partial charge in [-0.25, -0.2) is 0 Å². The molecule has 1 N–H and O–H groups in total. The summed E-state index contributed by atoms with van der Waals surface area (Å²) < 4.78 is 5.51. The van der Waals surface area contributed by atoms with Crippen molar-refractivity contribution >= 4 is 16.8 Å². The minimum Gasteiger partial charge on any atom is -0.339 e. The first-order valence-electron chi connectivity index (χ1n) is 9.17. The van der Waals surface area contributed by atoms with E-state index in [1.54, 1.807) is 12.4 Å². The number of hydrogen-bond acceptors (Lipinski definition) is 6. The van der Waals surface area contributed by atoms with Gasteiger partial charge in [-0.3, -0.25) is 14.9 Å². The van der Waals surface area contributed by atoms with E-state index in [2.05, 4.69) is 32.2 Å². The van der Waals surface area contributed by atoms with E-state index in [9.17, 15) is 4.79 Å². The summed E-state index contributed by atoms with van der Waals surface area (Å²) in [4.78, 5) is 23.5. The number of nitrogens with one attached hydrogen (secondary N) is 1. The Morgan fingerprint density at radius 2 is 2.11 bits per heavy atom. The van der Waals surface area contributed by atoms with Crippen molar-refractivity contribution in [3.8, 4) is 11.4 Å². The second-order valence-electron chi connectivity index (χ2n) is 7.11. The number of aromatic amines is 1. The van der Waals surface area contributed by atoms with E-state index >= 15 is 0 Å². The van der Waals surface area contributed by atoms with Crippen molar-refractivity contribution in [2.45, 2.75) is 12.8 Å². The van der Waals surface area contributed by atoms with Crippen LogP contribution in [0.2, 0.25) is 0 Å². The molecule has 2 unspecified atom stereocenters. The minimum absolute atomic E-state index is 0.00734. The quantitative estimate of drug-likeness (QED) is 0.592. The van der Waals surface area contributed by atoms with Crippen LogP contribution in [0.1, 0.15) is 29.2 Å². The molecular weight excluding hydrogens is 356 g/mol. The number of rotatable bonds is 3. The van der Waals surface area contributed by atoms with E-state index < -0.39 is 0 Å². The molecule has 0 radical (unpaired) electrons. The summed E-state index contributed by atoms with van der Waals surface area (Å²) in [6.45, 7) is 3.24. The Bertz CT molecular complexity index is 1140. The monoisotopic (exact) mass is 374 g/mol. The normalized spacial score (nSPS) is 19.4. The van der Waals surface area contributed by atoms with Gasteiger partial charge in [0.1, 0.15) is 0 Å². The molecule has 0 spiro atoms. The molecule has 4 aromatic rings. The molecule has 3 aromatic heterocycles. The van der Waals surface area contributed by atoms with Crippen molar-refractivity contribution in [1.29, 1.82) is 0 Å². The van der Waals surface area contributed by atoms with Crippen LogP contribution in [0.4, 0.5) is 0 Å². The smallest absolute Gasteiger partial charge is 0.275 e. The highest BCUT2D eigenvalue weighted by molar-refractivity contribution is 6.04. The SMILES string of the molecule is CC1CN(C(=O)c2n[nH]c3ccccc23)CC1c1nc(-c2cccnc2)no1. The van der Waals surface area contributed by atoms with Crippen LogP contribution < -0.4 is 0 Å². The molecule has 0 aliphatic carbocycles. The molecule has 1 amide bonds. The maximum absolute atomic E-state index is 13.0. The maximum atomic E-state index is 13.0. The molecule has 1 aliphatic heterocycles. The average molecular weight is 374 g/mol. The van der Waals surface area contributed by atoms with Crippen LogP contribution >= 0.6 is 0 Å². The Labute approximate surface area is 160 Å². The Morgan fingerprint density at radius 1 is 1.21 bits per heavy atom. The predicted octanol–water partition coefficient (Wildman–Crippen LogP) is 2.88. The Morgan fingerprint density at radius 3 is 2.96 bits per heavy atom. The van der Waals surface area contributed by atoms with Gasteiger partial charge in [-0.1, -0.05) is 30.3 Å². The van der Waals surface area contributed by atoms with Gasteiger partial charge < -0.3 is 9.42 Å². The van der Waals surface area contributed by atoms with Gasteiger partial charge in [0.05, 0.1) is 11.4 Å². The summed E-state index contributed by atoms with van der Waals surface area (Å²) in [6.07, 6.45) is 3.40. The first-order chi connectivity index (χ1) is 13.7. The zero-order valence-corrected chi connectivity index (χ0v) is 15.2. The molecule has 140 valence electrons. The first-order valence-corrected chi connectivity index (χ1v) is 9.17. The van der Waals surface area contributed by atoms with Crippen molar-refractivity contribution in [2.75, 3.05) is 13.1 Å². The predicted molar refractivity (Wildman–Crippen MR) is 101 cm³/mol. The molecule has 28 heavy (non-hydrogen) atoms. The van der Waals surface area contributed by atoms with Gasteiger partial charge in [0, 0.05) is 36.4 Å². The number of pyridine rings is 1. The standard InChI is InChI=1S/C20H18N6O2/c1-12-10-26(20(27)17-14-6-2-3-7-16(14)23-24-17)11-15(12)19-22-18(25-28-19)13-5-4-8-21-9-13/h2-9,12,15H,10-11H2,1H3,(H,23,24). The number of hydrogen-bond donors (Lipinski definition) is 1. The third-order valence-electron chi connectivity index (χ3n) is 5.25. The third kappa shape index (κ3) is 2.74. The lowest BCUT2D eigenvalue weighted by Gasteiger charge is -2.14. The van der Waals surface area contributed by atoms with E-state index in [-0.39, 0.29) is 17.7 Å². The van der Waals surface area contributed by atoms with E-state index in [1.807, 2.05) is 41.3 Å². The lowest BCUT2D eigenvalue weighted by Crippen LogP contribution is -2.29. The molecule has 5 rings (SSSR count). The van der Waals surface area contributed by atoms with Gasteiger partial charge in [-0.15, -0.1) is 0 Å². The summed E-state index contributed by atoms with van der Waals surface area (Å²) in [7, 11) is 0. The highest BCUT2D eigenvalue weighted by Crippen LogP contribution is 2.33. The van der Waals surface area contributed by atoms with Crippen molar-refractivity contribution < 1.29 is 9.32 Å². The van der Waals surface area contributed by atoms with Gasteiger partial charge in [-0.05, 0) is 24.1 Å². The van der Waals surface area contributed by atoms with Crippen LogP contribution in [-0.2, 0) is 0 Å². The van der Waals surface area contributed by atoms with Crippen LogP contribution in [0.15, 0.2) is 53.3 Å². The molecule has 1 fully saturated rings. The number of likely N-dealkylation sites (tertiary alicyclic amines) is 1. The number of para-hydroxylation sites is 1. The second-order valence-corrected chi connectivity index (χ2v) is 7.11. The average Bonchev–Trinajstić information content (AvgIpc) is 3.46. The third-order valence-corrected chi connectivity index (χ3v) is 5.25. The number of nitrogens with zero attached hydrogens (tertiary/aromatic N) is 5. The van der Waals surface area contributed by atoms with Crippen molar-refractivity contribution in [1.82, 2.24) is 30.2 Å². The van der Waals surface area contributed by atoms with E-state index in [4.69, 9.17) is 4.52 Å². The summed E-state index contributed by atoms with van der Waals surface area (Å²) in [5.74, 6) is 1.18. The van der Waals surface area contributed by atoms with Crippen molar-refractivity contribution in [2.24, 2.45) is 5.92 Å². The lowest BCUT2D eigenvalue weighted by atomic mass is 9.98.